The Morgan fingerprint density at radius 1 is 0.929 bits per heavy atom. The molecule has 1 amide bonds. The van der Waals surface area contributed by atoms with Gasteiger partial charge < -0.3 is 14.5 Å². The smallest absolute Gasteiger partial charge is 0.255 e. The second-order valence-corrected chi connectivity index (χ2v) is 7.93. The Labute approximate surface area is 164 Å². The molecule has 0 saturated heterocycles. The quantitative estimate of drug-likeness (QED) is 0.469. The number of furan rings is 1. The van der Waals surface area contributed by atoms with Gasteiger partial charge in [-0.1, -0.05) is 51.1 Å². The summed E-state index contributed by atoms with van der Waals surface area (Å²) in [5, 5.41) is 4.93. The van der Waals surface area contributed by atoms with Crippen LogP contribution in [0.4, 0.5) is 5.69 Å². The number of amides is 1. The summed E-state index contributed by atoms with van der Waals surface area (Å²) in [4.78, 5) is 12.8. The molecule has 0 fully saturated rings. The minimum Gasteiger partial charge on any atom is -0.495 e. The molecule has 1 heterocycles. The molecule has 4 nitrogen and oxygen atoms in total. The van der Waals surface area contributed by atoms with Gasteiger partial charge in [-0.3, -0.25) is 4.79 Å². The Morgan fingerprint density at radius 3 is 2.32 bits per heavy atom. The maximum Gasteiger partial charge on any atom is 0.255 e. The van der Waals surface area contributed by atoms with Crippen LogP contribution in [0.1, 0.15) is 36.7 Å². The lowest BCUT2D eigenvalue weighted by Crippen LogP contribution is -2.14. The van der Waals surface area contributed by atoms with E-state index in [9.17, 15) is 4.79 Å². The summed E-state index contributed by atoms with van der Waals surface area (Å²) in [6, 6.07) is 19.3. The molecule has 0 atom stereocenters. The highest BCUT2D eigenvalue weighted by molar-refractivity contribution is 6.10. The van der Waals surface area contributed by atoms with Crippen LogP contribution >= 0.6 is 0 Å². The summed E-state index contributed by atoms with van der Waals surface area (Å²) < 4.78 is 11.4. The molecule has 28 heavy (non-hydrogen) atoms. The highest BCUT2D eigenvalue weighted by Gasteiger charge is 2.17. The number of hydrogen-bond donors (Lipinski definition) is 1. The monoisotopic (exact) mass is 373 g/mol. The van der Waals surface area contributed by atoms with E-state index in [1.54, 1.807) is 7.11 Å². The highest BCUT2D eigenvalue weighted by atomic mass is 16.5. The van der Waals surface area contributed by atoms with E-state index >= 15 is 0 Å². The first kappa shape index (κ1) is 18.1. The molecule has 1 N–H and O–H groups in total. The lowest BCUT2D eigenvalue weighted by molar-refractivity contribution is 0.102. The number of nitrogens with one attached hydrogen (secondary N) is 1. The van der Waals surface area contributed by atoms with E-state index in [1.807, 2.05) is 60.7 Å². The Morgan fingerprint density at radius 2 is 1.64 bits per heavy atom. The van der Waals surface area contributed by atoms with E-state index < -0.39 is 0 Å². The fourth-order valence-corrected chi connectivity index (χ4v) is 3.33. The Bertz CT molecular complexity index is 1160. The van der Waals surface area contributed by atoms with Crippen molar-refractivity contribution in [3.63, 3.8) is 0 Å². The van der Waals surface area contributed by atoms with Gasteiger partial charge in [-0.25, -0.2) is 0 Å². The first-order chi connectivity index (χ1) is 13.4. The van der Waals surface area contributed by atoms with Crippen LogP contribution in [-0.2, 0) is 5.41 Å². The fraction of sp³-hybridized carbons (Fsp3) is 0.208. The van der Waals surface area contributed by atoms with Crippen LogP contribution < -0.4 is 10.1 Å². The maximum absolute atomic E-state index is 12.8. The van der Waals surface area contributed by atoms with Crippen molar-refractivity contribution < 1.29 is 13.9 Å². The molecule has 1 aromatic heterocycles. The van der Waals surface area contributed by atoms with Crippen LogP contribution in [-0.4, -0.2) is 13.0 Å². The molecule has 142 valence electrons. The lowest BCUT2D eigenvalue weighted by atomic mass is 9.87. The van der Waals surface area contributed by atoms with E-state index in [0.29, 0.717) is 22.6 Å². The summed E-state index contributed by atoms with van der Waals surface area (Å²) >= 11 is 0. The molecule has 0 radical (unpaired) electrons. The number of ether oxygens (including phenoxy) is 1. The number of carbonyl (C=O) groups excluding carboxylic acids is 1. The van der Waals surface area contributed by atoms with E-state index in [4.69, 9.17) is 9.15 Å². The predicted octanol–water partition coefficient (Wildman–Crippen LogP) is 6.14. The number of rotatable bonds is 3. The SMILES string of the molecule is COc1cc2c(cc1NC(=O)c1ccc(C(C)(C)C)cc1)oc1ccccc12. The number of anilines is 1. The maximum atomic E-state index is 12.8. The van der Waals surface area contributed by atoms with Gasteiger partial charge in [0.15, 0.2) is 0 Å². The van der Waals surface area contributed by atoms with Crippen LogP contribution in [0, 0.1) is 0 Å². The Kier molecular flexibility index (Phi) is 4.34. The Hall–Kier alpha value is -3.27. The molecule has 4 rings (SSSR count). The van der Waals surface area contributed by atoms with Gasteiger partial charge in [-0.15, -0.1) is 0 Å². The highest BCUT2D eigenvalue weighted by Crippen LogP contribution is 2.36. The molecule has 0 aliphatic carbocycles. The van der Waals surface area contributed by atoms with E-state index in [-0.39, 0.29) is 11.3 Å². The van der Waals surface area contributed by atoms with Crippen molar-refractivity contribution in [3.8, 4) is 5.75 Å². The molecular weight excluding hydrogens is 350 g/mol. The predicted molar refractivity (Wildman–Crippen MR) is 113 cm³/mol. The van der Waals surface area contributed by atoms with Crippen LogP contribution in [0.25, 0.3) is 21.9 Å². The van der Waals surface area contributed by atoms with Crippen LogP contribution in [0.5, 0.6) is 5.75 Å². The minimum absolute atomic E-state index is 0.0462. The van der Waals surface area contributed by atoms with Crippen molar-refractivity contribution >= 4 is 33.5 Å². The fourth-order valence-electron chi connectivity index (χ4n) is 3.33. The first-order valence-corrected chi connectivity index (χ1v) is 9.28. The van der Waals surface area contributed by atoms with Gasteiger partial charge in [0.05, 0.1) is 12.8 Å². The number of carbonyl (C=O) groups is 1. The third-order valence-electron chi connectivity index (χ3n) is 4.96. The zero-order chi connectivity index (χ0) is 19.9. The molecule has 0 unspecified atom stereocenters. The second kappa shape index (κ2) is 6.71. The van der Waals surface area contributed by atoms with Crippen LogP contribution in [0.15, 0.2) is 65.1 Å². The van der Waals surface area contributed by atoms with Crippen molar-refractivity contribution in [2.75, 3.05) is 12.4 Å². The molecule has 4 heteroatoms. The Balaban J connectivity index is 1.68. The zero-order valence-electron chi connectivity index (χ0n) is 16.5. The molecule has 0 aliphatic rings. The standard InChI is InChI=1S/C24H23NO3/c1-24(2,3)16-11-9-15(10-12-16)23(26)25-19-14-21-18(13-22(19)27-4)17-7-5-6-8-20(17)28-21/h5-14H,1-4H3,(H,25,26). The van der Waals surface area contributed by atoms with Gasteiger partial charge in [0.1, 0.15) is 16.9 Å². The molecule has 3 aromatic carbocycles. The summed E-state index contributed by atoms with van der Waals surface area (Å²) in [5.74, 6) is 0.410. The van der Waals surface area contributed by atoms with Gasteiger partial charge in [-0.2, -0.15) is 0 Å². The molecule has 0 spiro atoms. The second-order valence-electron chi connectivity index (χ2n) is 7.93. The van der Waals surface area contributed by atoms with E-state index in [0.717, 1.165) is 16.4 Å². The molecule has 0 saturated carbocycles. The average Bonchev–Trinajstić information content (AvgIpc) is 3.04. The number of hydrogen-bond acceptors (Lipinski definition) is 3. The van der Waals surface area contributed by atoms with E-state index in [2.05, 4.69) is 26.1 Å². The molecular formula is C24H23NO3. The third-order valence-corrected chi connectivity index (χ3v) is 4.96. The van der Waals surface area contributed by atoms with Gasteiger partial charge in [0.2, 0.25) is 0 Å². The van der Waals surface area contributed by atoms with Crippen molar-refractivity contribution in [2.45, 2.75) is 26.2 Å². The number of benzene rings is 3. The summed E-state index contributed by atoms with van der Waals surface area (Å²) in [5.41, 5.74) is 3.93. The number of fused-ring (bicyclic) bond motifs is 3. The van der Waals surface area contributed by atoms with Gasteiger partial charge >= 0.3 is 0 Å². The first-order valence-electron chi connectivity index (χ1n) is 9.28. The topological polar surface area (TPSA) is 51.5 Å². The number of para-hydroxylation sites is 1. The average molecular weight is 373 g/mol. The largest absolute Gasteiger partial charge is 0.495 e. The van der Waals surface area contributed by atoms with Crippen molar-refractivity contribution in [1.29, 1.82) is 0 Å². The van der Waals surface area contributed by atoms with Crippen LogP contribution in [0.3, 0.4) is 0 Å². The van der Waals surface area contributed by atoms with Crippen molar-refractivity contribution in [2.24, 2.45) is 0 Å². The normalized spacial score (nSPS) is 11.7. The molecule has 0 aliphatic heterocycles. The van der Waals surface area contributed by atoms with Gasteiger partial charge in [-0.05, 0) is 35.2 Å². The van der Waals surface area contributed by atoms with Gasteiger partial charge in [0, 0.05) is 22.4 Å². The van der Waals surface area contributed by atoms with Crippen molar-refractivity contribution in [1.82, 2.24) is 0 Å². The molecule has 4 aromatic rings. The zero-order valence-corrected chi connectivity index (χ0v) is 16.5. The van der Waals surface area contributed by atoms with E-state index in [1.165, 1.54) is 5.56 Å². The minimum atomic E-state index is -0.186. The van der Waals surface area contributed by atoms with Crippen LogP contribution in [0.2, 0.25) is 0 Å². The third kappa shape index (κ3) is 3.22. The lowest BCUT2D eigenvalue weighted by Gasteiger charge is -2.19. The molecule has 0 bridgehead atoms. The number of methoxy groups -OCH3 is 1. The summed E-state index contributed by atoms with van der Waals surface area (Å²) in [6.45, 7) is 6.44. The van der Waals surface area contributed by atoms with Crippen molar-refractivity contribution in [3.05, 3.63) is 71.8 Å². The summed E-state index contributed by atoms with van der Waals surface area (Å²) in [6.07, 6.45) is 0. The van der Waals surface area contributed by atoms with Gasteiger partial charge in [0.25, 0.3) is 5.91 Å². The summed E-state index contributed by atoms with van der Waals surface area (Å²) in [7, 11) is 1.59.